The van der Waals surface area contributed by atoms with Gasteiger partial charge in [0.2, 0.25) is 0 Å². The molecule has 1 heterocycles. The van der Waals surface area contributed by atoms with Crippen LogP contribution in [-0.4, -0.2) is 22.4 Å². The van der Waals surface area contributed by atoms with Crippen LogP contribution in [0.25, 0.3) is 0 Å². The van der Waals surface area contributed by atoms with Gasteiger partial charge >= 0.3 is 0 Å². The number of nitrogens with one attached hydrogen (secondary N) is 1. The number of ether oxygens (including phenoxy) is 1. The van der Waals surface area contributed by atoms with Crippen LogP contribution < -0.4 is 10.1 Å². The summed E-state index contributed by atoms with van der Waals surface area (Å²) in [5, 5.41) is 3.02. The minimum Gasteiger partial charge on any atom is -0.480 e. The second kappa shape index (κ2) is 4.92. The van der Waals surface area contributed by atoms with Gasteiger partial charge in [-0.1, -0.05) is 41.1 Å². The molecule has 0 spiro atoms. The predicted octanol–water partition coefficient (Wildman–Crippen LogP) is 2.67. The van der Waals surface area contributed by atoms with Crippen LogP contribution >= 0.6 is 15.9 Å². The minimum absolute atomic E-state index is 0.0532. The minimum atomic E-state index is -0.409. The maximum atomic E-state index is 12.2. The van der Waals surface area contributed by atoms with Crippen molar-refractivity contribution < 1.29 is 9.53 Å². The number of halogens is 1. The molecule has 98 valence electrons. The van der Waals surface area contributed by atoms with Crippen LogP contribution in [0.5, 0.6) is 5.75 Å². The summed E-state index contributed by atoms with van der Waals surface area (Å²) >= 11 is 3.51. The van der Waals surface area contributed by atoms with E-state index < -0.39 is 6.10 Å². The van der Waals surface area contributed by atoms with E-state index in [2.05, 4.69) is 21.2 Å². The van der Waals surface area contributed by atoms with E-state index in [1.807, 2.05) is 45.0 Å². The zero-order valence-electron chi connectivity index (χ0n) is 10.9. The highest BCUT2D eigenvalue weighted by atomic mass is 79.9. The maximum absolute atomic E-state index is 12.2. The average molecular weight is 312 g/mol. The molecule has 1 aliphatic heterocycles. The first-order chi connectivity index (χ1) is 8.40. The Morgan fingerprint density at radius 2 is 2.17 bits per heavy atom. The Bertz CT molecular complexity index is 432. The summed E-state index contributed by atoms with van der Waals surface area (Å²) < 4.78 is 5.67. The van der Waals surface area contributed by atoms with E-state index in [-0.39, 0.29) is 16.3 Å². The maximum Gasteiger partial charge on any atom is 0.261 e. The molecule has 2 atom stereocenters. The Morgan fingerprint density at radius 3 is 2.78 bits per heavy atom. The van der Waals surface area contributed by atoms with E-state index in [4.69, 9.17) is 4.74 Å². The number of rotatable bonds is 3. The second-order valence-electron chi connectivity index (χ2n) is 5.25. The highest BCUT2D eigenvalue weighted by Gasteiger charge is 2.33. The first-order valence-electron chi connectivity index (χ1n) is 6.11. The second-order valence-corrected chi connectivity index (χ2v) is 6.62. The number of para-hydroxylation sites is 1. The van der Waals surface area contributed by atoms with Gasteiger partial charge in [0.1, 0.15) is 5.75 Å². The van der Waals surface area contributed by atoms with Crippen molar-refractivity contribution in [1.82, 2.24) is 5.32 Å². The molecule has 0 aromatic heterocycles. The van der Waals surface area contributed by atoms with Crippen molar-refractivity contribution in [2.24, 2.45) is 0 Å². The Kier molecular flexibility index (Phi) is 3.66. The normalized spacial score (nSPS) is 19.9. The third kappa shape index (κ3) is 2.69. The molecule has 1 aliphatic rings. The fourth-order valence-electron chi connectivity index (χ4n) is 1.83. The van der Waals surface area contributed by atoms with Crippen LogP contribution in [0.15, 0.2) is 24.3 Å². The Hall–Kier alpha value is -1.03. The topological polar surface area (TPSA) is 38.3 Å². The molecular formula is C14H18BrNO2. The SMILES string of the molecule is CC(Br)C(C)(C)NC(=O)C1Cc2ccccc2O1. The third-order valence-corrected chi connectivity index (χ3v) is 4.52. The van der Waals surface area contributed by atoms with Crippen LogP contribution in [0, 0.1) is 0 Å². The first kappa shape index (κ1) is 13.4. The Balaban J connectivity index is 2.02. The highest BCUT2D eigenvalue weighted by molar-refractivity contribution is 9.09. The lowest BCUT2D eigenvalue weighted by Gasteiger charge is -2.30. The van der Waals surface area contributed by atoms with Gasteiger partial charge in [-0.25, -0.2) is 0 Å². The van der Waals surface area contributed by atoms with E-state index in [0.29, 0.717) is 6.42 Å². The number of carbonyl (C=O) groups is 1. The van der Waals surface area contributed by atoms with Gasteiger partial charge < -0.3 is 10.1 Å². The molecule has 2 unspecified atom stereocenters. The van der Waals surface area contributed by atoms with Crippen molar-refractivity contribution in [2.45, 2.75) is 43.7 Å². The lowest BCUT2D eigenvalue weighted by Crippen LogP contribution is -2.53. The van der Waals surface area contributed by atoms with E-state index in [0.717, 1.165) is 11.3 Å². The van der Waals surface area contributed by atoms with Gasteiger partial charge in [0.25, 0.3) is 5.91 Å². The third-order valence-electron chi connectivity index (χ3n) is 3.38. The lowest BCUT2D eigenvalue weighted by atomic mass is 10.0. The van der Waals surface area contributed by atoms with Crippen LogP contribution in [0.2, 0.25) is 0 Å². The van der Waals surface area contributed by atoms with Crippen molar-refractivity contribution >= 4 is 21.8 Å². The molecule has 0 saturated heterocycles. The van der Waals surface area contributed by atoms with Crippen molar-refractivity contribution in [3.8, 4) is 5.75 Å². The molecule has 0 bridgehead atoms. The molecule has 3 nitrogen and oxygen atoms in total. The van der Waals surface area contributed by atoms with E-state index in [1.54, 1.807) is 0 Å². The summed E-state index contributed by atoms with van der Waals surface area (Å²) in [6.07, 6.45) is 0.238. The van der Waals surface area contributed by atoms with Crippen molar-refractivity contribution in [1.29, 1.82) is 0 Å². The van der Waals surface area contributed by atoms with Crippen LogP contribution in [0.3, 0.4) is 0 Å². The molecule has 4 heteroatoms. The van der Waals surface area contributed by atoms with Crippen LogP contribution in [0.1, 0.15) is 26.3 Å². The number of alkyl halides is 1. The summed E-state index contributed by atoms with van der Waals surface area (Å²) in [4.78, 5) is 12.4. The molecule has 0 aliphatic carbocycles. The summed E-state index contributed by atoms with van der Waals surface area (Å²) in [6.45, 7) is 6.00. The van der Waals surface area contributed by atoms with Gasteiger partial charge in [-0.3, -0.25) is 4.79 Å². The smallest absolute Gasteiger partial charge is 0.261 e. The number of hydrogen-bond donors (Lipinski definition) is 1. The van der Waals surface area contributed by atoms with Gasteiger partial charge in [0.15, 0.2) is 6.10 Å². The fourth-order valence-corrected chi connectivity index (χ4v) is 1.94. The molecule has 1 amide bonds. The molecule has 18 heavy (non-hydrogen) atoms. The number of amides is 1. The number of benzene rings is 1. The molecule has 1 aromatic rings. The summed E-state index contributed by atoms with van der Waals surface area (Å²) in [5.74, 6) is 0.768. The van der Waals surface area contributed by atoms with E-state index >= 15 is 0 Å². The number of fused-ring (bicyclic) bond motifs is 1. The van der Waals surface area contributed by atoms with Crippen LogP contribution in [0.4, 0.5) is 0 Å². The average Bonchev–Trinajstić information content (AvgIpc) is 2.71. The van der Waals surface area contributed by atoms with E-state index in [9.17, 15) is 4.79 Å². The molecule has 0 fully saturated rings. The molecule has 0 radical (unpaired) electrons. The summed E-state index contributed by atoms with van der Waals surface area (Å²) in [5.41, 5.74) is 0.803. The summed E-state index contributed by atoms with van der Waals surface area (Å²) in [7, 11) is 0. The Morgan fingerprint density at radius 1 is 1.50 bits per heavy atom. The number of hydrogen-bond acceptors (Lipinski definition) is 2. The molecule has 0 saturated carbocycles. The molecule has 1 N–H and O–H groups in total. The summed E-state index contributed by atoms with van der Waals surface area (Å²) in [6, 6.07) is 7.79. The zero-order valence-corrected chi connectivity index (χ0v) is 12.5. The standard InChI is InChI=1S/C14H18BrNO2/c1-9(15)14(2,3)16-13(17)12-8-10-6-4-5-7-11(10)18-12/h4-7,9,12H,8H2,1-3H3,(H,16,17). The zero-order chi connectivity index (χ0) is 13.3. The molecular weight excluding hydrogens is 294 g/mol. The van der Waals surface area contributed by atoms with Gasteiger partial charge in [-0.15, -0.1) is 0 Å². The van der Waals surface area contributed by atoms with Gasteiger partial charge in [-0.05, 0) is 25.5 Å². The van der Waals surface area contributed by atoms with Crippen LogP contribution in [-0.2, 0) is 11.2 Å². The highest BCUT2D eigenvalue weighted by Crippen LogP contribution is 2.28. The van der Waals surface area contributed by atoms with Crippen molar-refractivity contribution in [3.05, 3.63) is 29.8 Å². The van der Waals surface area contributed by atoms with E-state index in [1.165, 1.54) is 0 Å². The predicted molar refractivity (Wildman–Crippen MR) is 75.2 cm³/mol. The van der Waals surface area contributed by atoms with Gasteiger partial charge in [-0.2, -0.15) is 0 Å². The molecule has 2 rings (SSSR count). The Labute approximate surface area is 116 Å². The quantitative estimate of drug-likeness (QED) is 0.872. The largest absolute Gasteiger partial charge is 0.480 e. The monoisotopic (exact) mass is 311 g/mol. The van der Waals surface area contributed by atoms with Gasteiger partial charge in [0.05, 0.1) is 0 Å². The molecule has 1 aromatic carbocycles. The first-order valence-corrected chi connectivity index (χ1v) is 7.02. The number of carbonyl (C=O) groups excluding carboxylic acids is 1. The fraction of sp³-hybridized carbons (Fsp3) is 0.500. The lowest BCUT2D eigenvalue weighted by molar-refractivity contribution is -0.128. The van der Waals surface area contributed by atoms with Crippen molar-refractivity contribution in [2.75, 3.05) is 0 Å². The van der Waals surface area contributed by atoms with Crippen molar-refractivity contribution in [3.63, 3.8) is 0 Å². The van der Waals surface area contributed by atoms with Gasteiger partial charge in [0, 0.05) is 16.8 Å².